The summed E-state index contributed by atoms with van der Waals surface area (Å²) in [6.45, 7) is 16.9. The molecule has 1 unspecified atom stereocenters. The smallest absolute Gasteiger partial charge is 0.132 e. The zero-order valence-corrected chi connectivity index (χ0v) is 20.3. The van der Waals surface area contributed by atoms with Crippen LogP contribution in [0.4, 0.5) is 0 Å². The average molecular weight is 426 g/mol. The average Bonchev–Trinajstić information content (AvgIpc) is 2.76. The maximum Gasteiger partial charge on any atom is 0.132 e. The summed E-state index contributed by atoms with van der Waals surface area (Å²) >= 11 is 0. The van der Waals surface area contributed by atoms with Crippen LogP contribution in [0, 0.1) is 11.8 Å². The van der Waals surface area contributed by atoms with Gasteiger partial charge in [-0.2, -0.15) is 0 Å². The van der Waals surface area contributed by atoms with Gasteiger partial charge in [0.25, 0.3) is 0 Å². The van der Waals surface area contributed by atoms with E-state index in [1.54, 1.807) is 0 Å². The van der Waals surface area contributed by atoms with Gasteiger partial charge in [0, 0.05) is 44.9 Å². The number of allylic oxidation sites excluding steroid dienone is 1. The van der Waals surface area contributed by atoms with Crippen molar-refractivity contribution in [1.29, 1.82) is 0 Å². The number of rotatable bonds is 12. The highest BCUT2D eigenvalue weighted by atomic mass is 15.1. The molecule has 0 bridgehead atoms. The lowest BCUT2D eigenvalue weighted by molar-refractivity contribution is 0.218. The first-order valence-corrected chi connectivity index (χ1v) is 12.0. The third-order valence-electron chi connectivity index (χ3n) is 5.59. The zero-order valence-electron chi connectivity index (χ0n) is 20.3. The Morgan fingerprint density at radius 1 is 1.19 bits per heavy atom. The Balaban J connectivity index is 1.73. The molecular weight excluding hydrogens is 382 g/mol. The summed E-state index contributed by atoms with van der Waals surface area (Å²) in [7, 11) is 0. The van der Waals surface area contributed by atoms with E-state index in [2.05, 4.69) is 72.5 Å². The summed E-state index contributed by atoms with van der Waals surface area (Å²) in [4.78, 5) is 12.0. The van der Waals surface area contributed by atoms with Crippen LogP contribution in [0.15, 0.2) is 46.1 Å². The highest BCUT2D eigenvalue weighted by Crippen LogP contribution is 2.19. The van der Waals surface area contributed by atoms with Crippen molar-refractivity contribution >= 4 is 12.1 Å². The summed E-state index contributed by atoms with van der Waals surface area (Å²) in [6, 6.07) is 8.85. The first kappa shape index (κ1) is 25.3. The van der Waals surface area contributed by atoms with Gasteiger partial charge in [-0.25, -0.2) is 9.98 Å². The van der Waals surface area contributed by atoms with Crippen molar-refractivity contribution in [3.63, 3.8) is 0 Å². The Bertz CT molecular complexity index is 735. The van der Waals surface area contributed by atoms with Gasteiger partial charge in [-0.05, 0) is 49.4 Å². The monoisotopic (exact) mass is 425 g/mol. The van der Waals surface area contributed by atoms with E-state index < -0.39 is 0 Å². The van der Waals surface area contributed by atoms with E-state index in [0.29, 0.717) is 11.8 Å². The molecule has 0 aliphatic carbocycles. The van der Waals surface area contributed by atoms with Crippen molar-refractivity contribution in [2.75, 3.05) is 32.7 Å². The van der Waals surface area contributed by atoms with E-state index in [4.69, 9.17) is 4.99 Å². The molecule has 31 heavy (non-hydrogen) atoms. The number of hydrogen-bond acceptors (Lipinski definition) is 4. The van der Waals surface area contributed by atoms with E-state index in [-0.39, 0.29) is 0 Å². The predicted octanol–water partition coefficient (Wildman–Crippen LogP) is 4.65. The third-order valence-corrected chi connectivity index (χ3v) is 5.59. The number of benzene rings is 1. The number of nitrogens with one attached hydrogen (secondary N) is 2. The van der Waals surface area contributed by atoms with E-state index in [0.717, 1.165) is 57.3 Å². The molecule has 5 nitrogen and oxygen atoms in total. The molecule has 1 aliphatic heterocycles. The van der Waals surface area contributed by atoms with Crippen molar-refractivity contribution in [3.05, 3.63) is 47.3 Å². The second-order valence-electron chi connectivity index (χ2n) is 8.91. The molecule has 0 saturated heterocycles. The molecule has 0 spiro atoms. The Kier molecular flexibility index (Phi) is 11.5. The fraction of sp³-hybridized carbons (Fsp3) is 0.615. The molecular formula is C26H43N5. The summed E-state index contributed by atoms with van der Waals surface area (Å²) < 4.78 is 0. The molecule has 1 atom stereocenters. The van der Waals surface area contributed by atoms with Crippen molar-refractivity contribution in [3.8, 4) is 0 Å². The second-order valence-corrected chi connectivity index (χ2v) is 8.91. The molecule has 1 heterocycles. The van der Waals surface area contributed by atoms with Crippen molar-refractivity contribution in [1.82, 2.24) is 15.5 Å². The highest BCUT2D eigenvalue weighted by Gasteiger charge is 2.17. The topological polar surface area (TPSA) is 52.0 Å². The van der Waals surface area contributed by atoms with E-state index in [1.807, 2.05) is 19.2 Å². The van der Waals surface area contributed by atoms with Crippen LogP contribution >= 0.6 is 0 Å². The van der Waals surface area contributed by atoms with Gasteiger partial charge in [0.15, 0.2) is 0 Å². The van der Waals surface area contributed by atoms with Gasteiger partial charge in [-0.1, -0.05) is 58.4 Å². The minimum absolute atomic E-state index is 0.292. The Labute approximate surface area is 190 Å². The van der Waals surface area contributed by atoms with Crippen molar-refractivity contribution in [2.24, 2.45) is 21.8 Å². The molecule has 172 valence electrons. The molecule has 1 aromatic rings. The Morgan fingerprint density at radius 2 is 1.97 bits per heavy atom. The third kappa shape index (κ3) is 9.36. The van der Waals surface area contributed by atoms with Gasteiger partial charge in [0.05, 0.1) is 0 Å². The van der Waals surface area contributed by atoms with Gasteiger partial charge in [0.2, 0.25) is 0 Å². The maximum atomic E-state index is 4.73. The second kappa shape index (κ2) is 14.2. The fourth-order valence-corrected chi connectivity index (χ4v) is 3.78. The number of aliphatic imine (C=N–C) groups is 2. The van der Waals surface area contributed by atoms with Crippen LogP contribution in [0.25, 0.3) is 0 Å². The van der Waals surface area contributed by atoms with Crippen LogP contribution in [0.1, 0.15) is 58.6 Å². The number of amidine groups is 1. The molecule has 0 radical (unpaired) electrons. The molecule has 0 aromatic heterocycles. The molecule has 1 aliphatic rings. The largest absolute Gasteiger partial charge is 0.370 e. The minimum atomic E-state index is 0.292. The first-order valence-electron chi connectivity index (χ1n) is 12.0. The van der Waals surface area contributed by atoms with Crippen LogP contribution in [-0.4, -0.2) is 49.7 Å². The molecule has 5 heteroatoms. The number of nitrogens with zero attached hydrogens (tertiary/aromatic N) is 3. The highest BCUT2D eigenvalue weighted by molar-refractivity contribution is 5.91. The van der Waals surface area contributed by atoms with Gasteiger partial charge >= 0.3 is 0 Å². The van der Waals surface area contributed by atoms with Gasteiger partial charge in [-0.15, -0.1) is 0 Å². The lowest BCUT2D eigenvalue weighted by Gasteiger charge is -2.30. The Hall–Kier alpha value is -1.98. The molecule has 2 rings (SSSR count). The number of fused-ring (bicyclic) bond motifs is 1. The SMILES string of the molecule is C/C=C(\N=C(N=CCNCC(C)CN1CCc2ccccc2C1)C(C)C)NCCCC. The molecule has 0 fully saturated rings. The Morgan fingerprint density at radius 3 is 2.68 bits per heavy atom. The van der Waals surface area contributed by atoms with Gasteiger partial charge in [-0.3, -0.25) is 4.90 Å². The number of unbranched alkanes of at least 4 members (excludes halogenated alkanes) is 1. The lowest BCUT2D eigenvalue weighted by Crippen LogP contribution is -2.37. The summed E-state index contributed by atoms with van der Waals surface area (Å²) in [6.07, 6.45) is 7.48. The van der Waals surface area contributed by atoms with Crippen LogP contribution in [0.5, 0.6) is 0 Å². The van der Waals surface area contributed by atoms with Crippen molar-refractivity contribution in [2.45, 2.75) is 60.4 Å². The summed E-state index contributed by atoms with van der Waals surface area (Å²) in [5.74, 6) is 2.69. The van der Waals surface area contributed by atoms with Crippen LogP contribution in [0.2, 0.25) is 0 Å². The van der Waals surface area contributed by atoms with Gasteiger partial charge < -0.3 is 10.6 Å². The summed E-state index contributed by atoms with van der Waals surface area (Å²) in [5.41, 5.74) is 3.01. The minimum Gasteiger partial charge on any atom is -0.370 e. The molecule has 2 N–H and O–H groups in total. The normalized spacial score (nSPS) is 16.7. The standard InChI is InChI=1S/C26H43N5/c1-6-8-14-28-25(7-2)30-26(21(3)4)29-16-15-27-18-22(5)19-31-17-13-23-11-9-10-12-24(23)20-31/h7,9-12,16,21-22,27-28H,6,8,13-15,17-20H2,1-5H3/b25-7-,29-16?,30-26?. The zero-order chi connectivity index (χ0) is 22.5. The number of hydrogen-bond donors (Lipinski definition) is 2. The molecule has 1 aromatic carbocycles. The van der Waals surface area contributed by atoms with Crippen LogP contribution < -0.4 is 10.6 Å². The van der Waals surface area contributed by atoms with E-state index >= 15 is 0 Å². The van der Waals surface area contributed by atoms with Crippen LogP contribution in [0.3, 0.4) is 0 Å². The fourth-order valence-electron chi connectivity index (χ4n) is 3.78. The van der Waals surface area contributed by atoms with Crippen LogP contribution in [-0.2, 0) is 13.0 Å². The van der Waals surface area contributed by atoms with E-state index in [1.165, 1.54) is 24.0 Å². The molecule has 0 saturated carbocycles. The van der Waals surface area contributed by atoms with Crippen molar-refractivity contribution < 1.29 is 0 Å². The summed E-state index contributed by atoms with van der Waals surface area (Å²) in [5, 5.41) is 6.93. The lowest BCUT2D eigenvalue weighted by atomic mass is 9.99. The first-order chi connectivity index (χ1) is 15.0. The predicted molar refractivity (Wildman–Crippen MR) is 135 cm³/mol. The quantitative estimate of drug-likeness (QED) is 0.291. The van der Waals surface area contributed by atoms with E-state index in [9.17, 15) is 0 Å². The maximum absolute atomic E-state index is 4.73. The van der Waals surface area contributed by atoms with Gasteiger partial charge in [0.1, 0.15) is 11.7 Å². The molecule has 0 amide bonds.